The molecule has 0 aliphatic rings. The van der Waals surface area contributed by atoms with E-state index < -0.39 is 27.4 Å². The van der Waals surface area contributed by atoms with E-state index in [4.69, 9.17) is 5.11 Å². The van der Waals surface area contributed by atoms with Gasteiger partial charge in [0.05, 0.1) is 6.04 Å². The van der Waals surface area contributed by atoms with Crippen LogP contribution in [0, 0.1) is 5.41 Å². The number of hydrogen-bond acceptors (Lipinski definition) is 4. The fraction of sp³-hybridized carbons (Fsp3) is 0.500. The number of pyridine rings is 1. The van der Waals surface area contributed by atoms with Gasteiger partial charge in [-0.15, -0.1) is 0 Å². The second kappa shape index (κ2) is 5.16. The Labute approximate surface area is 112 Å². The molecule has 7 heteroatoms. The Hall–Kier alpha value is -1.63. The molecule has 1 atom stereocenters. The molecule has 0 radical (unpaired) electrons. The minimum atomic E-state index is -3.42. The number of aromatic nitrogens is 1. The van der Waals surface area contributed by atoms with E-state index in [0.29, 0.717) is 5.56 Å². The second-order valence-corrected chi connectivity index (χ2v) is 7.41. The average molecular weight is 286 g/mol. The van der Waals surface area contributed by atoms with E-state index in [1.54, 1.807) is 6.07 Å². The van der Waals surface area contributed by atoms with Crippen molar-refractivity contribution >= 4 is 15.9 Å². The highest BCUT2D eigenvalue weighted by Gasteiger charge is 2.28. The fourth-order valence-corrected chi connectivity index (χ4v) is 2.33. The van der Waals surface area contributed by atoms with Crippen molar-refractivity contribution in [3.63, 3.8) is 0 Å². The Bertz CT molecular complexity index is 576. The lowest BCUT2D eigenvalue weighted by Gasteiger charge is -2.30. The van der Waals surface area contributed by atoms with Gasteiger partial charge in [0.15, 0.2) is 14.9 Å². The lowest BCUT2D eigenvalue weighted by Crippen LogP contribution is -2.35. The molecule has 0 saturated heterocycles. The van der Waals surface area contributed by atoms with Crippen LogP contribution >= 0.6 is 0 Å². The number of carbonyl (C=O) groups is 1. The number of nitrogens with one attached hydrogen (secondary N) is 1. The summed E-state index contributed by atoms with van der Waals surface area (Å²) in [4.78, 5) is 14.7. The number of sulfone groups is 1. The first-order chi connectivity index (χ1) is 8.51. The van der Waals surface area contributed by atoms with Crippen molar-refractivity contribution in [2.24, 2.45) is 5.41 Å². The number of carboxylic acid groups (broad SMARTS) is 1. The predicted molar refractivity (Wildman–Crippen MR) is 70.7 cm³/mol. The van der Waals surface area contributed by atoms with Crippen LogP contribution in [0.2, 0.25) is 0 Å². The van der Waals surface area contributed by atoms with Gasteiger partial charge in [-0.3, -0.25) is 0 Å². The molecule has 1 aromatic rings. The van der Waals surface area contributed by atoms with E-state index in [1.807, 2.05) is 20.8 Å². The first-order valence-electron chi connectivity index (χ1n) is 5.67. The molecule has 0 bridgehead atoms. The lowest BCUT2D eigenvalue weighted by molar-refractivity contribution is 0.175. The van der Waals surface area contributed by atoms with Crippen molar-refractivity contribution in [1.82, 2.24) is 10.3 Å². The summed E-state index contributed by atoms with van der Waals surface area (Å²) in [5.74, 6) is 0. The summed E-state index contributed by atoms with van der Waals surface area (Å²) in [6.07, 6.45) is 1.28. The molecule has 0 aromatic carbocycles. The minimum absolute atomic E-state index is 0.0635. The van der Waals surface area contributed by atoms with E-state index in [9.17, 15) is 13.2 Å². The van der Waals surface area contributed by atoms with Gasteiger partial charge < -0.3 is 10.4 Å². The fourth-order valence-electron chi connectivity index (χ4n) is 1.73. The molecule has 1 amide bonds. The summed E-state index contributed by atoms with van der Waals surface area (Å²) in [7, 11) is -3.42. The lowest BCUT2D eigenvalue weighted by atomic mass is 9.83. The van der Waals surface area contributed by atoms with Gasteiger partial charge in [0.25, 0.3) is 0 Å². The zero-order valence-electron chi connectivity index (χ0n) is 11.3. The molecule has 2 N–H and O–H groups in total. The smallest absolute Gasteiger partial charge is 0.405 e. The molecule has 1 rings (SSSR count). The third kappa shape index (κ3) is 4.20. The molecule has 0 aliphatic carbocycles. The van der Waals surface area contributed by atoms with E-state index >= 15 is 0 Å². The van der Waals surface area contributed by atoms with E-state index in [1.165, 1.54) is 12.3 Å². The first kappa shape index (κ1) is 15.4. The topological polar surface area (TPSA) is 96.4 Å². The van der Waals surface area contributed by atoms with Gasteiger partial charge in [-0.1, -0.05) is 20.8 Å². The molecule has 6 nitrogen and oxygen atoms in total. The van der Waals surface area contributed by atoms with Gasteiger partial charge in [-0.2, -0.15) is 0 Å². The van der Waals surface area contributed by atoms with Crippen LogP contribution in [-0.4, -0.2) is 30.9 Å². The van der Waals surface area contributed by atoms with Gasteiger partial charge in [-0.25, -0.2) is 18.2 Å². The Morgan fingerprint density at radius 1 is 1.42 bits per heavy atom. The quantitative estimate of drug-likeness (QED) is 0.883. The highest BCUT2D eigenvalue weighted by Crippen LogP contribution is 2.33. The molecule has 0 fully saturated rings. The Morgan fingerprint density at radius 2 is 2.00 bits per heavy atom. The number of rotatable bonds is 3. The summed E-state index contributed by atoms with van der Waals surface area (Å²) < 4.78 is 23.0. The number of hydrogen-bond donors (Lipinski definition) is 2. The van der Waals surface area contributed by atoms with Crippen LogP contribution in [0.5, 0.6) is 0 Å². The maximum absolute atomic E-state index is 11.5. The zero-order valence-corrected chi connectivity index (χ0v) is 12.2. The summed E-state index contributed by atoms with van der Waals surface area (Å²) >= 11 is 0. The monoisotopic (exact) mass is 286 g/mol. The molecule has 0 aliphatic heterocycles. The van der Waals surface area contributed by atoms with Gasteiger partial charge >= 0.3 is 6.09 Å². The number of nitrogens with zero attached hydrogens (tertiary/aromatic N) is 1. The van der Waals surface area contributed by atoms with E-state index in [2.05, 4.69) is 10.3 Å². The Morgan fingerprint density at radius 3 is 2.42 bits per heavy atom. The number of amides is 1. The minimum Gasteiger partial charge on any atom is -0.465 e. The summed E-state index contributed by atoms with van der Waals surface area (Å²) in [5, 5.41) is 11.2. The average Bonchev–Trinajstić information content (AvgIpc) is 2.23. The van der Waals surface area contributed by atoms with Crippen molar-refractivity contribution in [3.8, 4) is 0 Å². The van der Waals surface area contributed by atoms with Gasteiger partial charge in [0, 0.05) is 12.5 Å². The molecular formula is C12H18N2O4S. The summed E-state index contributed by atoms with van der Waals surface area (Å²) in [6.45, 7) is 5.61. The summed E-state index contributed by atoms with van der Waals surface area (Å²) in [6, 6.07) is 2.50. The van der Waals surface area contributed by atoms with Crippen molar-refractivity contribution < 1.29 is 18.3 Å². The van der Waals surface area contributed by atoms with Crippen LogP contribution in [-0.2, 0) is 9.84 Å². The standard InChI is InChI=1S/C12H18N2O4S/c1-12(2,3)10(14-11(15)16)8-5-6-13-9(7-8)19(4,17)18/h5-7,10,14H,1-4H3,(H,15,16). The third-order valence-corrected chi connectivity index (χ3v) is 3.59. The highest BCUT2D eigenvalue weighted by molar-refractivity contribution is 7.90. The van der Waals surface area contributed by atoms with Crippen LogP contribution in [0.3, 0.4) is 0 Å². The molecule has 0 spiro atoms. The predicted octanol–water partition coefficient (Wildman–Crippen LogP) is 1.84. The van der Waals surface area contributed by atoms with E-state index in [-0.39, 0.29) is 5.03 Å². The van der Waals surface area contributed by atoms with Crippen molar-refractivity contribution in [3.05, 3.63) is 23.9 Å². The van der Waals surface area contributed by atoms with Crippen molar-refractivity contribution in [2.45, 2.75) is 31.8 Å². The van der Waals surface area contributed by atoms with Crippen LogP contribution in [0.4, 0.5) is 4.79 Å². The molecule has 19 heavy (non-hydrogen) atoms. The molecular weight excluding hydrogens is 268 g/mol. The van der Waals surface area contributed by atoms with E-state index in [0.717, 1.165) is 6.26 Å². The summed E-state index contributed by atoms with van der Waals surface area (Å²) in [5.41, 5.74) is 0.180. The molecule has 106 valence electrons. The van der Waals surface area contributed by atoms with Crippen LogP contribution < -0.4 is 5.32 Å². The molecule has 1 unspecified atom stereocenters. The molecule has 1 aromatic heterocycles. The van der Waals surface area contributed by atoms with Crippen molar-refractivity contribution in [2.75, 3.05) is 6.26 Å². The van der Waals surface area contributed by atoms with Crippen LogP contribution in [0.1, 0.15) is 32.4 Å². The van der Waals surface area contributed by atoms with Crippen LogP contribution in [0.15, 0.2) is 23.4 Å². The Balaban J connectivity index is 3.28. The van der Waals surface area contributed by atoms with Gasteiger partial charge in [0.1, 0.15) is 0 Å². The molecule has 1 heterocycles. The largest absolute Gasteiger partial charge is 0.465 e. The van der Waals surface area contributed by atoms with Gasteiger partial charge in [0.2, 0.25) is 0 Å². The zero-order chi connectivity index (χ0) is 14.8. The second-order valence-electron chi connectivity index (χ2n) is 5.45. The normalized spacial score (nSPS) is 13.9. The maximum atomic E-state index is 11.5. The first-order valence-corrected chi connectivity index (χ1v) is 7.56. The van der Waals surface area contributed by atoms with Crippen molar-refractivity contribution in [1.29, 1.82) is 0 Å². The SMILES string of the molecule is CC(C)(C)C(NC(=O)O)c1ccnc(S(C)(=O)=O)c1. The maximum Gasteiger partial charge on any atom is 0.405 e. The van der Waals surface area contributed by atoms with Crippen LogP contribution in [0.25, 0.3) is 0 Å². The van der Waals surface area contributed by atoms with Gasteiger partial charge in [-0.05, 0) is 23.1 Å². The third-order valence-electron chi connectivity index (χ3n) is 2.61. The highest BCUT2D eigenvalue weighted by atomic mass is 32.2. The molecule has 0 saturated carbocycles. The Kier molecular flexibility index (Phi) is 4.19.